The predicted octanol–water partition coefficient (Wildman–Crippen LogP) is 4.02. The summed E-state index contributed by atoms with van der Waals surface area (Å²) in [4.78, 5) is 0. The quantitative estimate of drug-likeness (QED) is 0.831. The Kier molecular flexibility index (Phi) is 3.89. The number of aryl methyl sites for hydroxylation is 2. The highest BCUT2D eigenvalue weighted by Gasteiger charge is 2.22. The smallest absolute Gasteiger partial charge is 0.166 e. The summed E-state index contributed by atoms with van der Waals surface area (Å²) in [5.41, 5.74) is 2.28. The van der Waals surface area contributed by atoms with E-state index in [1.165, 1.54) is 12.0 Å². The number of nitrogens with zero attached hydrogens (tertiary/aromatic N) is 3. The van der Waals surface area contributed by atoms with E-state index in [9.17, 15) is 0 Å². The fraction of sp³-hybridized carbons (Fsp3) is 0.467. The molecular weight excluding hydrogens is 318 g/mol. The fourth-order valence-electron chi connectivity index (χ4n) is 2.57. The Morgan fingerprint density at radius 3 is 2.80 bits per heavy atom. The third-order valence-electron chi connectivity index (χ3n) is 3.74. The first-order valence-electron chi connectivity index (χ1n) is 6.96. The van der Waals surface area contributed by atoms with Crippen molar-refractivity contribution >= 4 is 15.9 Å². The Hall–Kier alpha value is -1.20. The average Bonchev–Trinajstić information content (AvgIpc) is 2.85. The lowest BCUT2D eigenvalue weighted by Crippen LogP contribution is -2.20. The molecule has 1 atom stereocenters. The number of halogens is 1. The van der Waals surface area contributed by atoms with Crippen molar-refractivity contribution in [3.05, 3.63) is 34.1 Å². The van der Waals surface area contributed by atoms with Crippen molar-refractivity contribution < 1.29 is 4.74 Å². The van der Waals surface area contributed by atoms with Crippen molar-refractivity contribution in [1.82, 2.24) is 14.8 Å². The first-order chi connectivity index (χ1) is 9.66. The minimum Gasteiger partial charge on any atom is -0.358 e. The minimum atomic E-state index is 0.0637. The second kappa shape index (κ2) is 5.66. The first kappa shape index (κ1) is 13.8. The molecular formula is C15H18BrN3O. The van der Waals surface area contributed by atoms with Gasteiger partial charge in [0, 0.05) is 16.6 Å². The summed E-state index contributed by atoms with van der Waals surface area (Å²) >= 11 is 3.58. The zero-order valence-corrected chi connectivity index (χ0v) is 13.4. The van der Waals surface area contributed by atoms with Crippen LogP contribution in [-0.4, -0.2) is 21.4 Å². The highest BCUT2D eigenvalue weighted by atomic mass is 79.9. The van der Waals surface area contributed by atoms with Crippen LogP contribution in [0.25, 0.3) is 11.4 Å². The van der Waals surface area contributed by atoms with Gasteiger partial charge in [0.1, 0.15) is 12.1 Å². The predicted molar refractivity (Wildman–Crippen MR) is 81.5 cm³/mol. The van der Waals surface area contributed by atoms with E-state index in [-0.39, 0.29) is 6.23 Å². The molecule has 0 bridgehead atoms. The molecule has 106 valence electrons. The summed E-state index contributed by atoms with van der Waals surface area (Å²) in [7, 11) is 0. The zero-order valence-electron chi connectivity index (χ0n) is 11.8. The first-order valence-corrected chi connectivity index (χ1v) is 7.76. The molecule has 1 unspecified atom stereocenters. The van der Waals surface area contributed by atoms with Crippen LogP contribution in [0, 0.1) is 13.8 Å². The van der Waals surface area contributed by atoms with Crippen LogP contribution in [0.1, 0.15) is 36.9 Å². The Morgan fingerprint density at radius 1 is 1.25 bits per heavy atom. The van der Waals surface area contributed by atoms with Gasteiger partial charge in [-0.2, -0.15) is 0 Å². The van der Waals surface area contributed by atoms with E-state index >= 15 is 0 Å². The Bertz CT molecular complexity index is 618. The number of hydrogen-bond acceptors (Lipinski definition) is 3. The van der Waals surface area contributed by atoms with Gasteiger partial charge < -0.3 is 4.74 Å². The molecule has 1 fully saturated rings. The van der Waals surface area contributed by atoms with Crippen LogP contribution in [0.5, 0.6) is 0 Å². The van der Waals surface area contributed by atoms with E-state index < -0.39 is 0 Å². The summed E-state index contributed by atoms with van der Waals surface area (Å²) in [6, 6.07) is 6.27. The fourth-order valence-corrected chi connectivity index (χ4v) is 2.95. The zero-order chi connectivity index (χ0) is 14.1. The van der Waals surface area contributed by atoms with E-state index in [1.54, 1.807) is 0 Å². The largest absolute Gasteiger partial charge is 0.358 e. The lowest BCUT2D eigenvalue weighted by atomic mass is 10.1. The van der Waals surface area contributed by atoms with Gasteiger partial charge in [0.25, 0.3) is 0 Å². The average molecular weight is 336 g/mol. The monoisotopic (exact) mass is 335 g/mol. The summed E-state index contributed by atoms with van der Waals surface area (Å²) in [6.07, 6.45) is 3.43. The second-order valence-corrected chi connectivity index (χ2v) is 6.08. The number of benzene rings is 1. The number of hydrogen-bond donors (Lipinski definition) is 0. The van der Waals surface area contributed by atoms with Crippen LogP contribution in [0.3, 0.4) is 0 Å². The molecule has 0 saturated carbocycles. The van der Waals surface area contributed by atoms with Gasteiger partial charge in [-0.1, -0.05) is 28.1 Å². The highest BCUT2D eigenvalue weighted by Crippen LogP contribution is 2.30. The van der Waals surface area contributed by atoms with E-state index in [4.69, 9.17) is 4.74 Å². The standard InChI is InChI=1S/C15H18BrN3O/c1-10-6-7-12(9-13(10)16)15-18-17-11(2)19(15)14-5-3-4-8-20-14/h6-7,9,14H,3-5,8H2,1-2H3. The van der Waals surface area contributed by atoms with Crippen molar-refractivity contribution in [2.75, 3.05) is 6.61 Å². The lowest BCUT2D eigenvalue weighted by molar-refractivity contribution is -0.0322. The van der Waals surface area contributed by atoms with Gasteiger partial charge >= 0.3 is 0 Å². The number of aromatic nitrogens is 3. The van der Waals surface area contributed by atoms with Crippen LogP contribution in [0.4, 0.5) is 0 Å². The van der Waals surface area contributed by atoms with Crippen molar-refractivity contribution in [3.8, 4) is 11.4 Å². The van der Waals surface area contributed by atoms with Crippen molar-refractivity contribution in [2.24, 2.45) is 0 Å². The van der Waals surface area contributed by atoms with Crippen LogP contribution in [-0.2, 0) is 4.74 Å². The molecule has 1 aliphatic rings. The van der Waals surface area contributed by atoms with Crippen LogP contribution in [0.15, 0.2) is 22.7 Å². The third kappa shape index (κ3) is 2.52. The molecule has 0 radical (unpaired) electrons. The van der Waals surface area contributed by atoms with Crippen molar-refractivity contribution in [3.63, 3.8) is 0 Å². The summed E-state index contributed by atoms with van der Waals surface area (Å²) < 4.78 is 9.10. The number of rotatable bonds is 2. The third-order valence-corrected chi connectivity index (χ3v) is 4.59. The lowest BCUT2D eigenvalue weighted by Gasteiger charge is -2.25. The molecule has 0 spiro atoms. The van der Waals surface area contributed by atoms with E-state index in [0.717, 1.165) is 41.1 Å². The number of ether oxygens (including phenoxy) is 1. The van der Waals surface area contributed by atoms with Crippen LogP contribution >= 0.6 is 15.9 Å². The maximum atomic E-state index is 5.89. The molecule has 2 heterocycles. The molecule has 1 aromatic carbocycles. The maximum Gasteiger partial charge on any atom is 0.166 e. The molecule has 0 amide bonds. The molecule has 3 rings (SSSR count). The molecule has 1 aliphatic heterocycles. The Morgan fingerprint density at radius 2 is 2.10 bits per heavy atom. The van der Waals surface area contributed by atoms with Gasteiger partial charge in [-0.15, -0.1) is 10.2 Å². The Balaban J connectivity index is 2.03. The van der Waals surface area contributed by atoms with Crippen LogP contribution < -0.4 is 0 Å². The van der Waals surface area contributed by atoms with Gasteiger partial charge in [0.05, 0.1) is 0 Å². The summed E-state index contributed by atoms with van der Waals surface area (Å²) in [5.74, 6) is 1.79. The molecule has 20 heavy (non-hydrogen) atoms. The minimum absolute atomic E-state index is 0.0637. The molecule has 1 aromatic heterocycles. The molecule has 1 saturated heterocycles. The van der Waals surface area contributed by atoms with E-state index in [0.29, 0.717) is 0 Å². The van der Waals surface area contributed by atoms with Gasteiger partial charge in [-0.3, -0.25) is 4.57 Å². The van der Waals surface area contributed by atoms with Gasteiger partial charge in [-0.25, -0.2) is 0 Å². The molecule has 0 N–H and O–H groups in total. The highest BCUT2D eigenvalue weighted by molar-refractivity contribution is 9.10. The molecule has 0 aliphatic carbocycles. The van der Waals surface area contributed by atoms with E-state index in [1.807, 2.05) is 6.92 Å². The van der Waals surface area contributed by atoms with Crippen molar-refractivity contribution in [1.29, 1.82) is 0 Å². The maximum absolute atomic E-state index is 5.89. The van der Waals surface area contributed by atoms with Crippen LogP contribution in [0.2, 0.25) is 0 Å². The van der Waals surface area contributed by atoms with Gasteiger partial charge in [-0.05, 0) is 44.7 Å². The van der Waals surface area contributed by atoms with Gasteiger partial charge in [0.15, 0.2) is 5.82 Å². The summed E-state index contributed by atoms with van der Waals surface area (Å²) in [5, 5.41) is 8.58. The second-order valence-electron chi connectivity index (χ2n) is 5.23. The molecule has 2 aromatic rings. The summed E-state index contributed by atoms with van der Waals surface area (Å²) in [6.45, 7) is 4.88. The van der Waals surface area contributed by atoms with Gasteiger partial charge in [0.2, 0.25) is 0 Å². The van der Waals surface area contributed by atoms with Crippen molar-refractivity contribution in [2.45, 2.75) is 39.3 Å². The molecule has 5 heteroatoms. The topological polar surface area (TPSA) is 39.9 Å². The molecule has 4 nitrogen and oxygen atoms in total. The Labute approximate surface area is 127 Å². The normalized spacial score (nSPS) is 19.2. The SMILES string of the molecule is Cc1ccc(-c2nnc(C)n2C2CCCCO2)cc1Br. The van der Waals surface area contributed by atoms with E-state index in [2.05, 4.69) is 55.8 Å².